The number of anilines is 2. The molecule has 38 heavy (non-hydrogen) atoms. The summed E-state index contributed by atoms with van der Waals surface area (Å²) in [5.41, 5.74) is 3.84. The lowest BCUT2D eigenvalue weighted by atomic mass is 10.0. The minimum absolute atomic E-state index is 0.0402. The predicted molar refractivity (Wildman–Crippen MR) is 143 cm³/mol. The molecule has 0 radical (unpaired) electrons. The van der Waals surface area contributed by atoms with Gasteiger partial charge in [0.05, 0.1) is 29.1 Å². The summed E-state index contributed by atoms with van der Waals surface area (Å²) in [6, 6.07) is 2.60. The number of nitrogens with one attached hydrogen (secondary N) is 3. The summed E-state index contributed by atoms with van der Waals surface area (Å²) in [6.07, 6.45) is 2.33. The highest BCUT2D eigenvalue weighted by Gasteiger charge is 2.31. The summed E-state index contributed by atoms with van der Waals surface area (Å²) in [6.45, 7) is 7.69. The Morgan fingerprint density at radius 3 is 2.82 bits per heavy atom. The Hall–Kier alpha value is -3.54. The Labute approximate surface area is 221 Å². The van der Waals surface area contributed by atoms with E-state index in [-0.39, 0.29) is 23.8 Å². The van der Waals surface area contributed by atoms with Crippen LogP contribution in [0.25, 0.3) is 11.6 Å². The van der Waals surface area contributed by atoms with Crippen LogP contribution in [0.5, 0.6) is 0 Å². The van der Waals surface area contributed by atoms with E-state index in [9.17, 15) is 18.8 Å². The number of carbonyl (C=O) groups is 3. The third kappa shape index (κ3) is 5.79. The van der Waals surface area contributed by atoms with Gasteiger partial charge in [0.1, 0.15) is 12.4 Å². The van der Waals surface area contributed by atoms with E-state index in [2.05, 4.69) is 20.5 Å². The fourth-order valence-electron chi connectivity index (χ4n) is 4.70. The molecule has 204 valence electrons. The zero-order valence-electron chi connectivity index (χ0n) is 22.2. The highest BCUT2D eigenvalue weighted by atomic mass is 19.1. The maximum absolute atomic E-state index is 14.8. The van der Waals surface area contributed by atoms with Crippen LogP contribution < -0.4 is 10.6 Å². The van der Waals surface area contributed by atoms with Crippen molar-refractivity contribution < 1.29 is 28.2 Å². The number of benzene rings is 1. The number of H-pyrrole nitrogens is 1. The normalized spacial score (nSPS) is 15.7. The molecule has 0 unspecified atom stereocenters. The molecule has 0 fully saturated rings. The van der Waals surface area contributed by atoms with Crippen LogP contribution in [0.15, 0.2) is 12.1 Å². The van der Waals surface area contributed by atoms with E-state index in [1.54, 1.807) is 6.08 Å². The highest BCUT2D eigenvalue weighted by Crippen LogP contribution is 2.37. The third-order valence-corrected chi connectivity index (χ3v) is 6.80. The SMILES string of the molecule is CCOCCN(C)CCN1CCc2[nH]c(/C=C3\C(=O)Nc4cc(NC(=O)COC)c(F)cc43)c(C)c2C1=O. The molecule has 11 heteroatoms. The average molecular weight is 528 g/mol. The minimum Gasteiger partial charge on any atom is -0.380 e. The van der Waals surface area contributed by atoms with Gasteiger partial charge in [-0.25, -0.2) is 4.39 Å². The summed E-state index contributed by atoms with van der Waals surface area (Å²) in [5, 5.41) is 5.16. The van der Waals surface area contributed by atoms with E-state index in [0.717, 1.165) is 24.3 Å². The topological polar surface area (TPSA) is 116 Å². The molecule has 1 aromatic carbocycles. The first-order chi connectivity index (χ1) is 18.2. The number of rotatable bonds is 11. The number of amides is 3. The Kier molecular flexibility index (Phi) is 8.60. The first kappa shape index (κ1) is 27.5. The van der Waals surface area contributed by atoms with Gasteiger partial charge >= 0.3 is 0 Å². The lowest BCUT2D eigenvalue weighted by molar-refractivity contribution is -0.119. The van der Waals surface area contributed by atoms with Crippen molar-refractivity contribution in [3.63, 3.8) is 0 Å². The first-order valence-corrected chi connectivity index (χ1v) is 12.7. The number of halogens is 1. The maximum atomic E-state index is 14.8. The zero-order valence-corrected chi connectivity index (χ0v) is 22.2. The summed E-state index contributed by atoms with van der Waals surface area (Å²) in [5.74, 6) is -1.61. The molecule has 4 rings (SSSR count). The Morgan fingerprint density at radius 1 is 1.29 bits per heavy atom. The van der Waals surface area contributed by atoms with Gasteiger partial charge in [0.2, 0.25) is 5.91 Å². The van der Waals surface area contributed by atoms with Gasteiger partial charge in [0, 0.05) is 63.3 Å². The molecule has 2 aliphatic heterocycles. The van der Waals surface area contributed by atoms with Crippen molar-refractivity contribution in [1.82, 2.24) is 14.8 Å². The van der Waals surface area contributed by atoms with Crippen molar-refractivity contribution in [2.24, 2.45) is 0 Å². The van der Waals surface area contributed by atoms with Gasteiger partial charge in [-0.1, -0.05) is 0 Å². The Bertz CT molecular complexity index is 1270. The van der Waals surface area contributed by atoms with Crippen LogP contribution in [-0.2, 0) is 25.5 Å². The monoisotopic (exact) mass is 527 g/mol. The van der Waals surface area contributed by atoms with Crippen molar-refractivity contribution >= 4 is 40.7 Å². The van der Waals surface area contributed by atoms with E-state index in [4.69, 9.17) is 9.47 Å². The molecule has 0 atom stereocenters. The number of ether oxygens (including phenoxy) is 2. The Morgan fingerprint density at radius 2 is 2.08 bits per heavy atom. The Balaban J connectivity index is 1.52. The van der Waals surface area contributed by atoms with Gasteiger partial charge < -0.3 is 34.9 Å². The highest BCUT2D eigenvalue weighted by molar-refractivity contribution is 6.35. The number of fused-ring (bicyclic) bond motifs is 2. The number of hydrogen-bond acceptors (Lipinski definition) is 6. The number of aromatic amines is 1. The number of carbonyl (C=O) groups excluding carboxylic acids is 3. The molecule has 3 N–H and O–H groups in total. The summed E-state index contributed by atoms with van der Waals surface area (Å²) in [7, 11) is 3.38. The first-order valence-electron chi connectivity index (χ1n) is 12.7. The fourth-order valence-corrected chi connectivity index (χ4v) is 4.70. The summed E-state index contributed by atoms with van der Waals surface area (Å²) >= 11 is 0. The number of nitrogens with zero attached hydrogens (tertiary/aromatic N) is 2. The van der Waals surface area contributed by atoms with E-state index in [1.165, 1.54) is 19.2 Å². The molecule has 0 bridgehead atoms. The van der Waals surface area contributed by atoms with Crippen LogP contribution in [-0.4, -0.2) is 92.7 Å². The molecule has 0 aliphatic carbocycles. The van der Waals surface area contributed by atoms with E-state index in [0.29, 0.717) is 55.2 Å². The molecule has 3 heterocycles. The number of aromatic nitrogens is 1. The van der Waals surface area contributed by atoms with Gasteiger partial charge in [-0.2, -0.15) is 0 Å². The standard InChI is InChI=1S/C27H34FN5O5/c1-5-38-11-10-32(3)8-9-33-7-6-20-25(27(33)36)16(2)21(29-20)13-18-17-12-19(28)23(30-24(34)15-37-4)14-22(17)31-26(18)35/h12-14,29H,5-11,15H2,1-4H3,(H,30,34)(H,31,35)/b18-13-. The van der Waals surface area contributed by atoms with Crippen LogP contribution >= 0.6 is 0 Å². The quantitative estimate of drug-likeness (QED) is 0.306. The lowest BCUT2D eigenvalue weighted by Gasteiger charge is -2.29. The van der Waals surface area contributed by atoms with Crippen molar-refractivity contribution in [2.45, 2.75) is 20.3 Å². The fraction of sp³-hybridized carbons (Fsp3) is 0.444. The average Bonchev–Trinajstić information content (AvgIpc) is 3.35. The van der Waals surface area contributed by atoms with E-state index in [1.807, 2.05) is 25.8 Å². The van der Waals surface area contributed by atoms with Gasteiger partial charge in [-0.05, 0) is 44.7 Å². The smallest absolute Gasteiger partial charge is 0.256 e. The van der Waals surface area contributed by atoms with Crippen LogP contribution in [0.3, 0.4) is 0 Å². The van der Waals surface area contributed by atoms with Crippen molar-refractivity contribution in [3.8, 4) is 0 Å². The number of likely N-dealkylation sites (N-methyl/N-ethyl adjacent to an activating group) is 1. The number of hydrogen-bond donors (Lipinski definition) is 3. The molecule has 2 aromatic rings. The van der Waals surface area contributed by atoms with Crippen molar-refractivity contribution in [3.05, 3.63) is 46.0 Å². The zero-order chi connectivity index (χ0) is 27.4. The second kappa shape index (κ2) is 11.9. The number of methoxy groups -OCH3 is 1. The lowest BCUT2D eigenvalue weighted by Crippen LogP contribution is -2.42. The molecule has 0 saturated heterocycles. The van der Waals surface area contributed by atoms with E-state index >= 15 is 0 Å². The van der Waals surface area contributed by atoms with Crippen LogP contribution in [0.4, 0.5) is 15.8 Å². The molecule has 0 saturated carbocycles. The van der Waals surface area contributed by atoms with Crippen LogP contribution in [0.1, 0.15) is 39.8 Å². The molecule has 10 nitrogen and oxygen atoms in total. The predicted octanol–water partition coefficient (Wildman–Crippen LogP) is 2.51. The van der Waals surface area contributed by atoms with Gasteiger partial charge in [-0.3, -0.25) is 14.4 Å². The van der Waals surface area contributed by atoms with E-state index < -0.39 is 17.6 Å². The van der Waals surface area contributed by atoms with Crippen molar-refractivity contribution in [1.29, 1.82) is 0 Å². The maximum Gasteiger partial charge on any atom is 0.256 e. The molecular formula is C27H34FN5O5. The molecule has 1 aromatic heterocycles. The van der Waals surface area contributed by atoms with Crippen LogP contribution in [0, 0.1) is 12.7 Å². The third-order valence-electron chi connectivity index (χ3n) is 6.80. The van der Waals surface area contributed by atoms with Crippen LogP contribution in [0.2, 0.25) is 0 Å². The van der Waals surface area contributed by atoms with Gasteiger partial charge in [-0.15, -0.1) is 0 Å². The minimum atomic E-state index is -0.671. The largest absolute Gasteiger partial charge is 0.380 e. The second-order valence-electron chi connectivity index (χ2n) is 9.43. The molecule has 2 aliphatic rings. The summed E-state index contributed by atoms with van der Waals surface area (Å²) in [4.78, 5) is 45.2. The molecule has 0 spiro atoms. The van der Waals surface area contributed by atoms with Crippen molar-refractivity contribution in [2.75, 3.05) is 70.8 Å². The van der Waals surface area contributed by atoms with Gasteiger partial charge in [0.15, 0.2) is 0 Å². The second-order valence-corrected chi connectivity index (χ2v) is 9.43. The molecule has 3 amide bonds. The molecular weight excluding hydrogens is 493 g/mol. The van der Waals surface area contributed by atoms with Gasteiger partial charge in [0.25, 0.3) is 11.8 Å². The summed E-state index contributed by atoms with van der Waals surface area (Å²) < 4.78 is 24.9.